The summed E-state index contributed by atoms with van der Waals surface area (Å²) < 4.78 is 12.5. The molecule has 1 aromatic heterocycles. The van der Waals surface area contributed by atoms with E-state index in [-0.39, 0.29) is 11.9 Å². The molecule has 0 radical (unpaired) electrons. The van der Waals surface area contributed by atoms with Crippen molar-refractivity contribution in [2.75, 3.05) is 17.3 Å². The van der Waals surface area contributed by atoms with Crippen LogP contribution in [0, 0.1) is 10.1 Å². The molecule has 1 heterocycles. The van der Waals surface area contributed by atoms with Crippen LogP contribution < -0.4 is 5.32 Å². The molecule has 1 N–H and O–H groups in total. The molecule has 0 aromatic carbocycles. The Labute approximate surface area is 102 Å². The van der Waals surface area contributed by atoms with E-state index in [9.17, 15) is 14.3 Å². The molecule has 8 heteroatoms. The summed E-state index contributed by atoms with van der Waals surface area (Å²) in [5.74, 6) is 0.765. The van der Waals surface area contributed by atoms with Gasteiger partial charge < -0.3 is 15.4 Å². The average Bonchev–Trinajstić information content (AvgIpc) is 2.58. The fourth-order valence-electron chi connectivity index (χ4n) is 1.37. The van der Waals surface area contributed by atoms with Crippen molar-refractivity contribution < 1.29 is 9.13 Å². The van der Waals surface area contributed by atoms with Crippen molar-refractivity contribution in [3.63, 3.8) is 0 Å². The normalized spacial score (nSPS) is 14.3. The highest BCUT2D eigenvalue weighted by Crippen LogP contribution is 2.22. The molecular formula is C9H16N4O3S. The summed E-state index contributed by atoms with van der Waals surface area (Å²) in [4.78, 5) is 13.9. The number of anilines is 1. The molecule has 2 atom stereocenters. The van der Waals surface area contributed by atoms with Crippen LogP contribution in [0.1, 0.15) is 13.3 Å². The molecular weight excluding hydrogens is 244 g/mol. The minimum atomic E-state index is -0.850. The minimum Gasteiger partial charge on any atom is -0.362 e. The highest BCUT2D eigenvalue weighted by Gasteiger charge is 2.21. The molecule has 0 saturated carbocycles. The first-order valence-corrected chi connectivity index (χ1v) is 6.86. The summed E-state index contributed by atoms with van der Waals surface area (Å²) in [7, 11) is 0.837. The number of hydrogen-bond donors (Lipinski definition) is 1. The second-order valence-corrected chi connectivity index (χ2v) is 5.45. The lowest BCUT2D eigenvalue weighted by molar-refractivity contribution is -0.388. The van der Waals surface area contributed by atoms with Gasteiger partial charge in [0.1, 0.15) is 0 Å². The van der Waals surface area contributed by atoms with E-state index in [1.165, 1.54) is 6.33 Å². The zero-order valence-electron chi connectivity index (χ0n) is 10.0. The van der Waals surface area contributed by atoms with E-state index >= 15 is 0 Å². The van der Waals surface area contributed by atoms with Crippen LogP contribution in [-0.4, -0.2) is 36.7 Å². The minimum absolute atomic E-state index is 0.00741. The van der Waals surface area contributed by atoms with Crippen molar-refractivity contribution in [1.29, 1.82) is 0 Å². The van der Waals surface area contributed by atoms with Gasteiger partial charge in [-0.05, 0) is 23.3 Å². The quantitative estimate of drug-likeness (QED) is 0.606. The zero-order valence-corrected chi connectivity index (χ0v) is 10.9. The Kier molecular flexibility index (Phi) is 4.62. The summed E-state index contributed by atoms with van der Waals surface area (Å²) in [5, 5.41) is 13.7. The third kappa shape index (κ3) is 3.81. The number of hydrogen-bond acceptors (Lipinski definition) is 5. The Bertz CT molecular complexity index is 432. The topological polar surface area (TPSA) is 90.1 Å². The van der Waals surface area contributed by atoms with Gasteiger partial charge in [-0.15, -0.1) is 0 Å². The van der Waals surface area contributed by atoms with Crippen molar-refractivity contribution in [3.05, 3.63) is 16.4 Å². The van der Waals surface area contributed by atoms with Gasteiger partial charge in [0.05, 0.1) is 0 Å². The Morgan fingerprint density at radius 3 is 2.88 bits per heavy atom. The number of rotatable bonds is 6. The average molecular weight is 260 g/mol. The number of nitrogens with zero attached hydrogens (tertiary/aromatic N) is 3. The lowest BCUT2D eigenvalue weighted by atomic mass is 10.2. The first-order chi connectivity index (χ1) is 7.91. The summed E-state index contributed by atoms with van der Waals surface area (Å²) in [6.07, 6.45) is 3.72. The van der Waals surface area contributed by atoms with Gasteiger partial charge in [0.2, 0.25) is 12.1 Å². The van der Waals surface area contributed by atoms with E-state index < -0.39 is 15.7 Å². The first kappa shape index (κ1) is 13.6. The van der Waals surface area contributed by atoms with Crippen LogP contribution in [0.4, 0.5) is 11.6 Å². The maximum absolute atomic E-state index is 11.0. The standard InChI is InChI=1S/C9H16N4O3S/c1-7(4-5-17(3)16)11-9-8(13(14)15)10-6-12(9)2/h6-7,11H,4-5H2,1-3H3. The predicted octanol–water partition coefficient (Wildman–Crippen LogP) is 0.897. The van der Waals surface area contributed by atoms with Crippen molar-refractivity contribution >= 4 is 22.4 Å². The zero-order chi connectivity index (χ0) is 13.0. The van der Waals surface area contributed by atoms with Crippen LogP contribution in [0.3, 0.4) is 0 Å². The van der Waals surface area contributed by atoms with E-state index in [0.717, 1.165) is 0 Å². The van der Waals surface area contributed by atoms with Gasteiger partial charge in [-0.1, -0.05) is 0 Å². The largest absolute Gasteiger partial charge is 0.406 e. The molecule has 0 bridgehead atoms. The monoisotopic (exact) mass is 260 g/mol. The smallest absolute Gasteiger partial charge is 0.362 e. The van der Waals surface area contributed by atoms with Crippen molar-refractivity contribution in [3.8, 4) is 0 Å². The predicted molar refractivity (Wildman–Crippen MR) is 66.5 cm³/mol. The molecule has 0 amide bonds. The highest BCUT2D eigenvalue weighted by molar-refractivity contribution is 7.84. The number of imidazole rings is 1. The molecule has 7 nitrogen and oxygen atoms in total. The summed E-state index contributed by atoms with van der Waals surface area (Å²) in [6, 6.07) is 0.00741. The Morgan fingerprint density at radius 2 is 2.35 bits per heavy atom. The number of aryl methyl sites for hydroxylation is 1. The molecule has 96 valence electrons. The molecule has 0 aliphatic carbocycles. The number of aromatic nitrogens is 2. The van der Waals surface area contributed by atoms with Crippen LogP contribution in [0.15, 0.2) is 6.33 Å². The summed E-state index contributed by atoms with van der Waals surface area (Å²) in [6.45, 7) is 1.89. The van der Waals surface area contributed by atoms with Gasteiger partial charge in [0, 0.05) is 35.9 Å². The van der Waals surface area contributed by atoms with Gasteiger partial charge in [0.25, 0.3) is 0 Å². The van der Waals surface area contributed by atoms with E-state index in [4.69, 9.17) is 0 Å². The van der Waals surface area contributed by atoms with E-state index in [1.54, 1.807) is 17.9 Å². The highest BCUT2D eigenvalue weighted by atomic mass is 32.2. The molecule has 1 rings (SSSR count). The molecule has 0 saturated heterocycles. The SMILES string of the molecule is CC(CCS(C)=O)Nc1c([N+](=O)[O-])ncn1C. The van der Waals surface area contributed by atoms with Gasteiger partial charge in [-0.25, -0.2) is 0 Å². The van der Waals surface area contributed by atoms with Crippen LogP contribution in [0.5, 0.6) is 0 Å². The molecule has 17 heavy (non-hydrogen) atoms. The first-order valence-electron chi connectivity index (χ1n) is 5.14. The van der Waals surface area contributed by atoms with Crippen molar-refractivity contribution in [2.45, 2.75) is 19.4 Å². The van der Waals surface area contributed by atoms with Crippen LogP contribution in [0.25, 0.3) is 0 Å². The van der Waals surface area contributed by atoms with Gasteiger partial charge in [0.15, 0.2) is 0 Å². The Hall–Kier alpha value is -1.44. The third-order valence-corrected chi connectivity index (χ3v) is 3.12. The van der Waals surface area contributed by atoms with Crippen LogP contribution >= 0.6 is 0 Å². The van der Waals surface area contributed by atoms with Gasteiger partial charge >= 0.3 is 5.82 Å². The summed E-state index contributed by atoms with van der Waals surface area (Å²) >= 11 is 0. The molecule has 0 aliphatic heterocycles. The molecule has 2 unspecified atom stereocenters. The summed E-state index contributed by atoms with van der Waals surface area (Å²) in [5.41, 5.74) is 0. The lowest BCUT2D eigenvalue weighted by Crippen LogP contribution is -2.20. The maximum Gasteiger partial charge on any atom is 0.406 e. The fraction of sp³-hybridized carbons (Fsp3) is 0.667. The molecule has 1 aromatic rings. The second-order valence-electron chi connectivity index (χ2n) is 3.90. The molecule has 0 spiro atoms. The Balaban J connectivity index is 2.70. The lowest BCUT2D eigenvalue weighted by Gasteiger charge is -2.13. The number of nitrogens with one attached hydrogen (secondary N) is 1. The van der Waals surface area contributed by atoms with E-state index in [1.807, 2.05) is 6.92 Å². The Morgan fingerprint density at radius 1 is 1.71 bits per heavy atom. The van der Waals surface area contributed by atoms with Gasteiger partial charge in [-0.3, -0.25) is 8.78 Å². The van der Waals surface area contributed by atoms with Crippen molar-refractivity contribution in [1.82, 2.24) is 9.55 Å². The van der Waals surface area contributed by atoms with Crippen molar-refractivity contribution in [2.24, 2.45) is 7.05 Å². The second kappa shape index (κ2) is 5.76. The number of nitro groups is 1. The molecule has 0 aliphatic rings. The fourth-order valence-corrected chi connectivity index (χ4v) is 2.05. The maximum atomic E-state index is 11.0. The van der Waals surface area contributed by atoms with E-state index in [2.05, 4.69) is 10.3 Å². The molecule has 0 fully saturated rings. The third-order valence-electron chi connectivity index (χ3n) is 2.31. The van der Waals surface area contributed by atoms with Crippen LogP contribution in [-0.2, 0) is 17.8 Å². The van der Waals surface area contributed by atoms with E-state index in [0.29, 0.717) is 18.0 Å². The van der Waals surface area contributed by atoms with Crippen LogP contribution in [0.2, 0.25) is 0 Å². The van der Waals surface area contributed by atoms with Gasteiger partial charge in [-0.2, -0.15) is 0 Å².